The second-order valence-corrected chi connectivity index (χ2v) is 5.62. The molecular weight excluding hydrogens is 228 g/mol. The number of fused-ring (bicyclic) bond motifs is 1. The molecule has 2 nitrogen and oxygen atoms in total. The zero-order chi connectivity index (χ0) is 12.1. The topological polar surface area (TPSA) is 27.8 Å². The largest absolute Gasteiger partial charge is 0.361 e. The number of H-pyrrole nitrogens is 1. The molecule has 2 aromatic rings. The summed E-state index contributed by atoms with van der Waals surface area (Å²) in [5.74, 6) is 2.37. The maximum absolute atomic E-state index is 3.57. The van der Waals surface area contributed by atoms with Gasteiger partial charge in [0.15, 0.2) is 0 Å². The molecule has 1 aromatic heterocycles. The molecule has 1 aromatic carbocycles. The van der Waals surface area contributed by atoms with Crippen molar-refractivity contribution in [2.45, 2.75) is 26.4 Å². The molecule has 0 saturated carbocycles. The molecule has 3 heteroatoms. The Hall–Kier alpha value is -0.930. The van der Waals surface area contributed by atoms with Crippen LogP contribution in [0.1, 0.15) is 19.4 Å². The van der Waals surface area contributed by atoms with Gasteiger partial charge in [-0.3, -0.25) is 0 Å². The average molecular weight is 248 g/mol. The first kappa shape index (κ1) is 12.5. The number of hydrogen-bond donors (Lipinski definition) is 2. The zero-order valence-corrected chi connectivity index (χ0v) is 11.3. The smallest absolute Gasteiger partial charge is 0.0457 e. The molecule has 2 N–H and O–H groups in total. The van der Waals surface area contributed by atoms with Gasteiger partial charge >= 0.3 is 0 Å². The number of thioether (sulfide) groups is 1. The fraction of sp³-hybridized carbons (Fsp3) is 0.429. The Morgan fingerprint density at radius 2 is 2.18 bits per heavy atom. The summed E-state index contributed by atoms with van der Waals surface area (Å²) < 4.78 is 0. The van der Waals surface area contributed by atoms with Gasteiger partial charge in [0.05, 0.1) is 0 Å². The molecule has 0 spiro atoms. The predicted octanol–water partition coefficient (Wildman–Crippen LogP) is 3.40. The molecule has 1 unspecified atom stereocenters. The molecule has 0 aliphatic heterocycles. The molecule has 0 saturated heterocycles. The van der Waals surface area contributed by atoms with Gasteiger partial charge < -0.3 is 10.3 Å². The predicted molar refractivity (Wildman–Crippen MR) is 77.6 cm³/mol. The number of aromatic nitrogens is 1. The van der Waals surface area contributed by atoms with Gasteiger partial charge in [0.2, 0.25) is 0 Å². The summed E-state index contributed by atoms with van der Waals surface area (Å²) in [4.78, 5) is 3.31. The fourth-order valence-electron chi connectivity index (χ4n) is 1.92. The van der Waals surface area contributed by atoms with Gasteiger partial charge in [-0.15, -0.1) is 0 Å². The third-order valence-electron chi connectivity index (χ3n) is 2.89. The van der Waals surface area contributed by atoms with Crippen LogP contribution in [-0.2, 0) is 6.54 Å². The van der Waals surface area contributed by atoms with Crippen molar-refractivity contribution in [3.05, 3.63) is 36.0 Å². The van der Waals surface area contributed by atoms with Crippen molar-refractivity contribution in [3.8, 4) is 0 Å². The highest BCUT2D eigenvalue weighted by Crippen LogP contribution is 2.17. The zero-order valence-electron chi connectivity index (χ0n) is 10.5. The second-order valence-electron chi connectivity index (χ2n) is 4.30. The Balaban J connectivity index is 1.95. The first-order valence-corrected chi connectivity index (χ1v) is 7.33. The molecule has 1 atom stereocenters. The summed E-state index contributed by atoms with van der Waals surface area (Å²) in [6.45, 7) is 5.39. The molecule has 0 aliphatic rings. The highest BCUT2D eigenvalue weighted by atomic mass is 32.2. The van der Waals surface area contributed by atoms with Crippen LogP contribution >= 0.6 is 11.8 Å². The summed E-state index contributed by atoms with van der Waals surface area (Å²) in [7, 11) is 0. The van der Waals surface area contributed by atoms with Crippen LogP contribution in [0.3, 0.4) is 0 Å². The van der Waals surface area contributed by atoms with Crippen molar-refractivity contribution < 1.29 is 0 Å². The molecule has 92 valence electrons. The Morgan fingerprint density at radius 3 is 3.00 bits per heavy atom. The number of rotatable bonds is 6. The summed E-state index contributed by atoms with van der Waals surface area (Å²) in [6, 6.07) is 9.02. The Labute approximate surface area is 107 Å². The lowest BCUT2D eigenvalue weighted by Crippen LogP contribution is -2.27. The van der Waals surface area contributed by atoms with E-state index in [0.717, 1.165) is 6.54 Å². The minimum atomic E-state index is 0.564. The van der Waals surface area contributed by atoms with Gasteiger partial charge in [0, 0.05) is 35.4 Å². The molecule has 0 fully saturated rings. The number of nitrogens with one attached hydrogen (secondary N) is 2. The van der Waals surface area contributed by atoms with Crippen LogP contribution in [0.15, 0.2) is 30.5 Å². The van der Waals surface area contributed by atoms with Crippen molar-refractivity contribution >= 4 is 22.7 Å². The SMILES string of the molecule is CCSCC(C)NCc1c[nH]c2ccccc12. The summed E-state index contributed by atoms with van der Waals surface area (Å²) in [5, 5.41) is 4.90. The van der Waals surface area contributed by atoms with E-state index in [9.17, 15) is 0 Å². The van der Waals surface area contributed by atoms with E-state index in [0.29, 0.717) is 6.04 Å². The van der Waals surface area contributed by atoms with Gasteiger partial charge in [-0.2, -0.15) is 11.8 Å². The monoisotopic (exact) mass is 248 g/mol. The van der Waals surface area contributed by atoms with Crippen LogP contribution in [0.5, 0.6) is 0 Å². The standard InChI is InChI=1S/C14H20N2S/c1-3-17-10-11(2)15-8-12-9-16-14-7-5-4-6-13(12)14/h4-7,9,11,15-16H,3,8,10H2,1-2H3. The van der Waals surface area contributed by atoms with Crippen molar-refractivity contribution in [3.63, 3.8) is 0 Å². The van der Waals surface area contributed by atoms with Crippen LogP contribution < -0.4 is 5.32 Å². The van der Waals surface area contributed by atoms with E-state index in [4.69, 9.17) is 0 Å². The first-order valence-electron chi connectivity index (χ1n) is 6.17. The van der Waals surface area contributed by atoms with E-state index < -0.39 is 0 Å². The van der Waals surface area contributed by atoms with Crippen LogP contribution in [0.2, 0.25) is 0 Å². The van der Waals surface area contributed by atoms with Gasteiger partial charge in [-0.05, 0) is 24.3 Å². The minimum absolute atomic E-state index is 0.564. The van der Waals surface area contributed by atoms with Crippen molar-refractivity contribution in [1.29, 1.82) is 0 Å². The highest BCUT2D eigenvalue weighted by Gasteiger charge is 2.05. The Kier molecular flexibility index (Phi) is 4.51. The number of hydrogen-bond acceptors (Lipinski definition) is 2. The molecule has 17 heavy (non-hydrogen) atoms. The summed E-state index contributed by atoms with van der Waals surface area (Å²) in [5.41, 5.74) is 2.58. The van der Waals surface area contributed by atoms with Crippen LogP contribution in [-0.4, -0.2) is 22.5 Å². The third-order valence-corrected chi connectivity index (χ3v) is 4.03. The minimum Gasteiger partial charge on any atom is -0.361 e. The maximum atomic E-state index is 3.57. The second kappa shape index (κ2) is 6.12. The van der Waals surface area contributed by atoms with Gasteiger partial charge in [0.25, 0.3) is 0 Å². The quantitative estimate of drug-likeness (QED) is 0.820. The Bertz CT molecular complexity index is 464. The number of para-hydroxylation sites is 1. The molecule has 0 radical (unpaired) electrons. The fourth-order valence-corrected chi connectivity index (χ4v) is 2.62. The lowest BCUT2D eigenvalue weighted by atomic mass is 10.2. The van der Waals surface area contributed by atoms with E-state index in [2.05, 4.69) is 54.6 Å². The molecule has 2 rings (SSSR count). The van der Waals surface area contributed by atoms with E-state index in [1.54, 1.807) is 0 Å². The highest BCUT2D eigenvalue weighted by molar-refractivity contribution is 7.99. The number of aromatic amines is 1. The molecular formula is C14H20N2S. The normalized spacial score (nSPS) is 13.1. The third kappa shape index (κ3) is 3.27. The average Bonchev–Trinajstić information content (AvgIpc) is 2.77. The van der Waals surface area contributed by atoms with E-state index in [1.807, 2.05) is 11.8 Å². The van der Waals surface area contributed by atoms with Crippen molar-refractivity contribution in [2.24, 2.45) is 0 Å². The lowest BCUT2D eigenvalue weighted by molar-refractivity contribution is 0.598. The molecule has 1 heterocycles. The van der Waals surface area contributed by atoms with E-state index >= 15 is 0 Å². The lowest BCUT2D eigenvalue weighted by Gasteiger charge is -2.12. The van der Waals surface area contributed by atoms with Gasteiger partial charge in [-0.1, -0.05) is 25.1 Å². The van der Waals surface area contributed by atoms with Crippen LogP contribution in [0, 0.1) is 0 Å². The number of benzene rings is 1. The van der Waals surface area contributed by atoms with E-state index in [1.165, 1.54) is 28.0 Å². The van der Waals surface area contributed by atoms with Crippen molar-refractivity contribution in [2.75, 3.05) is 11.5 Å². The Morgan fingerprint density at radius 1 is 1.35 bits per heavy atom. The molecule has 0 bridgehead atoms. The first-order chi connectivity index (χ1) is 8.31. The maximum Gasteiger partial charge on any atom is 0.0457 e. The van der Waals surface area contributed by atoms with Crippen LogP contribution in [0.25, 0.3) is 10.9 Å². The van der Waals surface area contributed by atoms with Gasteiger partial charge in [0.1, 0.15) is 0 Å². The van der Waals surface area contributed by atoms with Crippen molar-refractivity contribution in [1.82, 2.24) is 10.3 Å². The van der Waals surface area contributed by atoms with Crippen LogP contribution in [0.4, 0.5) is 0 Å². The summed E-state index contributed by atoms with van der Waals surface area (Å²) in [6.07, 6.45) is 2.11. The molecule has 0 amide bonds. The van der Waals surface area contributed by atoms with E-state index in [-0.39, 0.29) is 0 Å². The van der Waals surface area contributed by atoms with Gasteiger partial charge in [-0.25, -0.2) is 0 Å². The summed E-state index contributed by atoms with van der Waals surface area (Å²) >= 11 is 1.99. The molecule has 0 aliphatic carbocycles.